The van der Waals surface area contributed by atoms with Gasteiger partial charge in [0, 0.05) is 6.04 Å². The van der Waals surface area contributed by atoms with E-state index in [1.807, 2.05) is 6.92 Å². The largest absolute Gasteiger partial charge is 0.336 e. The normalized spacial score (nSPS) is 30.1. The maximum absolute atomic E-state index is 10.8. The van der Waals surface area contributed by atoms with Crippen LogP contribution in [0.1, 0.15) is 26.2 Å². The van der Waals surface area contributed by atoms with Gasteiger partial charge in [-0.25, -0.2) is 0 Å². The van der Waals surface area contributed by atoms with Crippen molar-refractivity contribution in [2.24, 2.45) is 0 Å². The van der Waals surface area contributed by atoms with Gasteiger partial charge in [-0.05, 0) is 12.8 Å². The molecule has 1 saturated heterocycles. The van der Waals surface area contributed by atoms with Gasteiger partial charge >= 0.3 is 10.3 Å². The topological polar surface area (TPSA) is 55.4 Å². The molecule has 1 N–H and O–H groups in total. The average Bonchev–Trinajstić information content (AvgIpc) is 1.85. The van der Waals surface area contributed by atoms with Crippen LogP contribution in [0.25, 0.3) is 0 Å². The smallest absolute Gasteiger partial charge is 0.258 e. The number of hydrogen-bond acceptors (Lipinski definition) is 3. The Morgan fingerprint density at radius 2 is 2.36 bits per heavy atom. The molecule has 0 radical (unpaired) electrons. The second-order valence-corrected chi connectivity index (χ2v) is 4.05. The summed E-state index contributed by atoms with van der Waals surface area (Å²) in [7, 11) is -3.40. The molecule has 1 rings (SSSR count). The Labute approximate surface area is 67.2 Å². The first-order valence-corrected chi connectivity index (χ1v) is 5.21. The van der Waals surface area contributed by atoms with Gasteiger partial charge < -0.3 is 0 Å². The highest BCUT2D eigenvalue weighted by molar-refractivity contribution is 7.84. The summed E-state index contributed by atoms with van der Waals surface area (Å²) in [4.78, 5) is 0. The predicted octanol–water partition coefficient (Wildman–Crippen LogP) is 0.410. The summed E-state index contributed by atoms with van der Waals surface area (Å²) in [5.41, 5.74) is 0. The highest BCUT2D eigenvalue weighted by Crippen LogP contribution is 2.09. The summed E-state index contributed by atoms with van der Waals surface area (Å²) in [6.07, 6.45) is 2.67. The van der Waals surface area contributed by atoms with Crippen molar-refractivity contribution < 1.29 is 12.6 Å². The minimum absolute atomic E-state index is 0.0822. The van der Waals surface area contributed by atoms with Crippen LogP contribution in [-0.2, 0) is 14.5 Å². The Morgan fingerprint density at radius 1 is 1.64 bits per heavy atom. The summed E-state index contributed by atoms with van der Waals surface area (Å²) in [6.45, 7) is 2.35. The lowest BCUT2D eigenvalue weighted by molar-refractivity contribution is 0.251. The first-order valence-electron chi connectivity index (χ1n) is 3.81. The van der Waals surface area contributed by atoms with Crippen LogP contribution in [0.15, 0.2) is 0 Å². The van der Waals surface area contributed by atoms with E-state index in [4.69, 9.17) is 0 Å². The lowest BCUT2D eigenvalue weighted by Crippen LogP contribution is -2.41. The van der Waals surface area contributed by atoms with E-state index >= 15 is 0 Å². The molecule has 0 aromatic carbocycles. The monoisotopic (exact) mass is 179 g/mol. The van der Waals surface area contributed by atoms with Crippen LogP contribution in [0, 0.1) is 0 Å². The quantitative estimate of drug-likeness (QED) is 0.668. The van der Waals surface area contributed by atoms with Gasteiger partial charge in [0.25, 0.3) is 0 Å². The van der Waals surface area contributed by atoms with Crippen LogP contribution < -0.4 is 4.72 Å². The van der Waals surface area contributed by atoms with Crippen LogP contribution in [0.3, 0.4) is 0 Å². The zero-order valence-electron chi connectivity index (χ0n) is 6.54. The van der Waals surface area contributed by atoms with Crippen molar-refractivity contribution in [1.29, 1.82) is 0 Å². The summed E-state index contributed by atoms with van der Waals surface area (Å²) < 4.78 is 28.6. The Morgan fingerprint density at radius 3 is 2.91 bits per heavy atom. The van der Waals surface area contributed by atoms with E-state index in [2.05, 4.69) is 8.91 Å². The molecule has 1 aliphatic rings. The van der Waals surface area contributed by atoms with Crippen molar-refractivity contribution in [3.05, 3.63) is 0 Å². The van der Waals surface area contributed by atoms with E-state index in [0.29, 0.717) is 6.61 Å². The van der Waals surface area contributed by atoms with Crippen molar-refractivity contribution in [1.82, 2.24) is 4.72 Å². The standard InChI is InChI=1S/C6H13NO3S/c1-2-3-6-4-5-10-11(8,9)7-6/h6-7H,2-5H2,1H3. The van der Waals surface area contributed by atoms with Gasteiger partial charge in [0.05, 0.1) is 6.61 Å². The third-order valence-electron chi connectivity index (χ3n) is 1.65. The van der Waals surface area contributed by atoms with E-state index in [9.17, 15) is 8.42 Å². The molecule has 1 unspecified atom stereocenters. The molecule has 4 nitrogen and oxygen atoms in total. The Hall–Kier alpha value is -0.130. The zero-order valence-corrected chi connectivity index (χ0v) is 7.36. The van der Waals surface area contributed by atoms with Gasteiger partial charge in [-0.1, -0.05) is 13.3 Å². The number of hydrogen-bond donors (Lipinski definition) is 1. The summed E-state index contributed by atoms with van der Waals surface area (Å²) in [6, 6.07) is 0.0822. The Balaban J connectivity index is 2.47. The summed E-state index contributed by atoms with van der Waals surface area (Å²) in [5.74, 6) is 0. The van der Waals surface area contributed by atoms with Crippen LogP contribution in [-0.4, -0.2) is 21.1 Å². The average molecular weight is 179 g/mol. The number of rotatable bonds is 2. The van der Waals surface area contributed by atoms with Gasteiger partial charge in [0.2, 0.25) is 0 Å². The van der Waals surface area contributed by atoms with Crippen molar-refractivity contribution in [3.63, 3.8) is 0 Å². The molecule has 11 heavy (non-hydrogen) atoms. The Kier molecular flexibility index (Phi) is 2.86. The summed E-state index contributed by atoms with van der Waals surface area (Å²) >= 11 is 0. The lowest BCUT2D eigenvalue weighted by atomic mass is 10.1. The fourth-order valence-corrected chi connectivity index (χ4v) is 2.18. The lowest BCUT2D eigenvalue weighted by Gasteiger charge is -2.22. The highest BCUT2D eigenvalue weighted by atomic mass is 32.2. The Bertz CT molecular complexity index is 210. The molecule has 1 atom stereocenters. The zero-order chi connectivity index (χ0) is 8.32. The molecule has 66 valence electrons. The van der Waals surface area contributed by atoms with E-state index in [0.717, 1.165) is 19.3 Å². The minimum Gasteiger partial charge on any atom is -0.258 e. The first-order chi connectivity index (χ1) is 5.14. The SMILES string of the molecule is CCCC1CCOS(=O)(=O)N1. The molecular formula is C6H13NO3S. The van der Waals surface area contributed by atoms with E-state index in [-0.39, 0.29) is 6.04 Å². The van der Waals surface area contributed by atoms with Crippen LogP contribution in [0.4, 0.5) is 0 Å². The minimum atomic E-state index is -3.40. The van der Waals surface area contributed by atoms with Gasteiger partial charge in [-0.3, -0.25) is 4.18 Å². The maximum atomic E-state index is 10.8. The number of nitrogens with one attached hydrogen (secondary N) is 1. The molecule has 0 bridgehead atoms. The van der Waals surface area contributed by atoms with Crippen LogP contribution >= 0.6 is 0 Å². The molecule has 0 amide bonds. The predicted molar refractivity (Wildman–Crippen MR) is 41.3 cm³/mol. The van der Waals surface area contributed by atoms with Crippen molar-refractivity contribution in [3.8, 4) is 0 Å². The van der Waals surface area contributed by atoms with Gasteiger partial charge in [-0.15, -0.1) is 0 Å². The molecule has 5 heteroatoms. The third kappa shape index (κ3) is 2.76. The van der Waals surface area contributed by atoms with Gasteiger partial charge in [-0.2, -0.15) is 13.1 Å². The van der Waals surface area contributed by atoms with Crippen molar-refractivity contribution in [2.75, 3.05) is 6.61 Å². The molecule has 0 aliphatic carbocycles. The second-order valence-electron chi connectivity index (χ2n) is 2.67. The van der Waals surface area contributed by atoms with Gasteiger partial charge in [0.15, 0.2) is 0 Å². The summed E-state index contributed by atoms with van der Waals surface area (Å²) in [5, 5.41) is 0. The molecular weight excluding hydrogens is 166 g/mol. The van der Waals surface area contributed by atoms with Gasteiger partial charge in [0.1, 0.15) is 0 Å². The first kappa shape index (κ1) is 8.96. The third-order valence-corrected chi connectivity index (χ3v) is 2.75. The fourth-order valence-electron chi connectivity index (χ4n) is 1.15. The van der Waals surface area contributed by atoms with Crippen molar-refractivity contribution >= 4 is 10.3 Å². The molecule has 0 spiro atoms. The highest BCUT2D eigenvalue weighted by Gasteiger charge is 2.22. The fraction of sp³-hybridized carbons (Fsp3) is 1.00. The maximum Gasteiger partial charge on any atom is 0.336 e. The molecule has 0 saturated carbocycles. The second kappa shape index (κ2) is 3.51. The molecule has 0 aromatic rings. The molecule has 1 heterocycles. The van der Waals surface area contributed by atoms with E-state index in [1.54, 1.807) is 0 Å². The van der Waals surface area contributed by atoms with Crippen LogP contribution in [0.5, 0.6) is 0 Å². The molecule has 1 aliphatic heterocycles. The van der Waals surface area contributed by atoms with Crippen molar-refractivity contribution in [2.45, 2.75) is 32.2 Å². The molecule has 0 aromatic heterocycles. The van der Waals surface area contributed by atoms with E-state index < -0.39 is 10.3 Å². The van der Waals surface area contributed by atoms with E-state index in [1.165, 1.54) is 0 Å². The van der Waals surface area contributed by atoms with Crippen LogP contribution in [0.2, 0.25) is 0 Å². The molecule has 1 fully saturated rings.